The van der Waals surface area contributed by atoms with E-state index in [0.29, 0.717) is 12.8 Å². The summed E-state index contributed by atoms with van der Waals surface area (Å²) in [5, 5.41) is 20.5. The Labute approximate surface area is 90.6 Å². The predicted octanol–water partition coefficient (Wildman–Crippen LogP) is 2.42. The van der Waals surface area contributed by atoms with Crippen LogP contribution in [0.1, 0.15) is 43.8 Å². The predicted molar refractivity (Wildman–Crippen MR) is 59.4 cm³/mol. The molecule has 1 fully saturated rings. The molecule has 2 heteroatoms. The third-order valence-electron chi connectivity index (χ3n) is 3.34. The Morgan fingerprint density at radius 3 is 2.20 bits per heavy atom. The lowest BCUT2D eigenvalue weighted by Gasteiger charge is -2.36. The Morgan fingerprint density at radius 1 is 1.00 bits per heavy atom. The van der Waals surface area contributed by atoms with E-state index < -0.39 is 11.7 Å². The van der Waals surface area contributed by atoms with Crippen LogP contribution < -0.4 is 0 Å². The molecule has 2 nitrogen and oxygen atoms in total. The van der Waals surface area contributed by atoms with Crippen molar-refractivity contribution in [1.29, 1.82) is 0 Å². The van der Waals surface area contributed by atoms with E-state index in [1.807, 2.05) is 30.3 Å². The fourth-order valence-corrected chi connectivity index (χ4v) is 2.38. The van der Waals surface area contributed by atoms with Gasteiger partial charge in [0.2, 0.25) is 0 Å². The molecule has 1 aliphatic rings. The second-order valence-electron chi connectivity index (χ2n) is 4.48. The molecule has 0 amide bonds. The molecule has 0 bridgehead atoms. The van der Waals surface area contributed by atoms with Crippen LogP contribution in [0.15, 0.2) is 30.3 Å². The first-order valence-electron chi connectivity index (χ1n) is 5.68. The Balaban J connectivity index is 2.16. The third-order valence-corrected chi connectivity index (χ3v) is 3.34. The van der Waals surface area contributed by atoms with E-state index in [2.05, 4.69) is 0 Å². The van der Waals surface area contributed by atoms with Gasteiger partial charge >= 0.3 is 0 Å². The molecule has 0 aliphatic heterocycles. The van der Waals surface area contributed by atoms with Crippen molar-refractivity contribution in [1.82, 2.24) is 0 Å². The molecule has 2 rings (SSSR count). The van der Waals surface area contributed by atoms with E-state index >= 15 is 0 Å². The molecule has 1 aromatic rings. The largest absolute Gasteiger partial charge is 0.387 e. The normalized spacial score (nSPS) is 22.3. The topological polar surface area (TPSA) is 40.5 Å². The van der Waals surface area contributed by atoms with Crippen molar-refractivity contribution in [3.8, 4) is 0 Å². The molecule has 0 aromatic heterocycles. The average Bonchev–Trinajstić information content (AvgIpc) is 2.30. The maximum atomic E-state index is 10.3. The Morgan fingerprint density at radius 2 is 1.60 bits per heavy atom. The summed E-state index contributed by atoms with van der Waals surface area (Å²) in [5.74, 6) is 0. The number of rotatable bonds is 2. The number of hydrogen-bond donors (Lipinski definition) is 2. The van der Waals surface area contributed by atoms with Gasteiger partial charge in [0.05, 0.1) is 5.60 Å². The van der Waals surface area contributed by atoms with Crippen LogP contribution in [0, 0.1) is 0 Å². The quantitative estimate of drug-likeness (QED) is 0.780. The number of aliphatic hydroxyl groups excluding tert-OH is 1. The first-order valence-corrected chi connectivity index (χ1v) is 5.68. The minimum absolute atomic E-state index is 0.711. The lowest BCUT2D eigenvalue weighted by molar-refractivity contribution is -0.0991. The summed E-state index contributed by atoms with van der Waals surface area (Å²) in [4.78, 5) is 0. The zero-order valence-corrected chi connectivity index (χ0v) is 8.89. The average molecular weight is 206 g/mol. The molecule has 2 N–H and O–H groups in total. The molecule has 1 aromatic carbocycles. The van der Waals surface area contributed by atoms with Crippen LogP contribution in [-0.2, 0) is 0 Å². The summed E-state index contributed by atoms with van der Waals surface area (Å²) in [5.41, 5.74) is -0.0820. The third kappa shape index (κ3) is 2.21. The van der Waals surface area contributed by atoms with Gasteiger partial charge in [0, 0.05) is 0 Å². The van der Waals surface area contributed by atoms with Crippen molar-refractivity contribution in [2.45, 2.75) is 43.8 Å². The highest BCUT2D eigenvalue weighted by Gasteiger charge is 2.37. The van der Waals surface area contributed by atoms with Crippen LogP contribution >= 0.6 is 0 Å². The van der Waals surface area contributed by atoms with Crippen molar-refractivity contribution in [2.75, 3.05) is 0 Å². The summed E-state index contributed by atoms with van der Waals surface area (Å²) in [6.45, 7) is 0. The van der Waals surface area contributed by atoms with Gasteiger partial charge in [-0.3, -0.25) is 0 Å². The molecule has 15 heavy (non-hydrogen) atoms. The van der Waals surface area contributed by atoms with Gasteiger partial charge in [0.1, 0.15) is 6.10 Å². The van der Waals surface area contributed by atoms with Crippen molar-refractivity contribution < 1.29 is 10.2 Å². The van der Waals surface area contributed by atoms with Crippen LogP contribution in [0.25, 0.3) is 0 Å². The summed E-state index contributed by atoms with van der Waals surface area (Å²) in [7, 11) is 0. The van der Waals surface area contributed by atoms with E-state index in [-0.39, 0.29) is 0 Å². The summed E-state index contributed by atoms with van der Waals surface area (Å²) in [6.07, 6.45) is 3.88. The Bertz CT molecular complexity index is 302. The first kappa shape index (κ1) is 10.7. The first-order chi connectivity index (χ1) is 7.22. The fourth-order valence-electron chi connectivity index (χ4n) is 2.38. The SMILES string of the molecule is O[C@@H](c1ccccc1)C1(O)CCCCC1. The van der Waals surface area contributed by atoms with Crippen LogP contribution in [0.4, 0.5) is 0 Å². The highest BCUT2D eigenvalue weighted by atomic mass is 16.3. The molecule has 0 unspecified atom stereocenters. The standard InChI is InChI=1S/C13H18O2/c14-12(11-7-3-1-4-8-11)13(15)9-5-2-6-10-13/h1,3-4,7-8,12,14-15H,2,5-6,9-10H2/t12-/m0/s1. The van der Waals surface area contributed by atoms with E-state index in [1.165, 1.54) is 6.42 Å². The molecule has 82 valence electrons. The maximum Gasteiger partial charge on any atom is 0.108 e. The molecular formula is C13H18O2. The van der Waals surface area contributed by atoms with E-state index in [1.54, 1.807) is 0 Å². The van der Waals surface area contributed by atoms with Gasteiger partial charge in [-0.15, -0.1) is 0 Å². The lowest BCUT2D eigenvalue weighted by Crippen LogP contribution is -2.38. The van der Waals surface area contributed by atoms with Crippen LogP contribution in [0.2, 0.25) is 0 Å². The molecule has 1 saturated carbocycles. The molecule has 1 atom stereocenters. The summed E-state index contributed by atoms with van der Waals surface area (Å²) in [6, 6.07) is 9.45. The number of benzene rings is 1. The van der Waals surface area contributed by atoms with Gasteiger partial charge in [-0.05, 0) is 18.4 Å². The molecule has 0 radical (unpaired) electrons. The zero-order chi connectivity index (χ0) is 10.7. The van der Waals surface area contributed by atoms with Crippen LogP contribution in [0.5, 0.6) is 0 Å². The van der Waals surface area contributed by atoms with Gasteiger partial charge in [-0.2, -0.15) is 0 Å². The molecule has 0 heterocycles. The molecule has 1 aliphatic carbocycles. The van der Waals surface area contributed by atoms with Crippen LogP contribution in [-0.4, -0.2) is 15.8 Å². The molecule has 0 spiro atoms. The van der Waals surface area contributed by atoms with Crippen molar-refractivity contribution >= 4 is 0 Å². The van der Waals surface area contributed by atoms with Crippen molar-refractivity contribution in [2.24, 2.45) is 0 Å². The maximum absolute atomic E-state index is 10.3. The minimum atomic E-state index is -0.903. The highest BCUT2D eigenvalue weighted by molar-refractivity contribution is 5.20. The molecular weight excluding hydrogens is 188 g/mol. The van der Waals surface area contributed by atoms with Crippen LogP contribution in [0.3, 0.4) is 0 Å². The fraction of sp³-hybridized carbons (Fsp3) is 0.538. The van der Waals surface area contributed by atoms with Gasteiger partial charge in [-0.1, -0.05) is 49.6 Å². The van der Waals surface area contributed by atoms with Gasteiger partial charge in [-0.25, -0.2) is 0 Å². The van der Waals surface area contributed by atoms with Gasteiger partial charge < -0.3 is 10.2 Å². The van der Waals surface area contributed by atoms with Crippen molar-refractivity contribution in [3.05, 3.63) is 35.9 Å². The summed E-state index contributed by atoms with van der Waals surface area (Å²) >= 11 is 0. The minimum Gasteiger partial charge on any atom is -0.387 e. The van der Waals surface area contributed by atoms with E-state index in [0.717, 1.165) is 18.4 Å². The van der Waals surface area contributed by atoms with Gasteiger partial charge in [0.25, 0.3) is 0 Å². The second-order valence-corrected chi connectivity index (χ2v) is 4.48. The second kappa shape index (κ2) is 4.33. The highest BCUT2D eigenvalue weighted by Crippen LogP contribution is 2.38. The number of aliphatic hydroxyl groups is 2. The molecule has 0 saturated heterocycles. The van der Waals surface area contributed by atoms with Gasteiger partial charge in [0.15, 0.2) is 0 Å². The number of hydrogen-bond acceptors (Lipinski definition) is 2. The Kier molecular flexibility index (Phi) is 3.08. The smallest absolute Gasteiger partial charge is 0.108 e. The monoisotopic (exact) mass is 206 g/mol. The summed E-state index contributed by atoms with van der Waals surface area (Å²) < 4.78 is 0. The van der Waals surface area contributed by atoms with Crippen molar-refractivity contribution in [3.63, 3.8) is 0 Å². The van der Waals surface area contributed by atoms with E-state index in [9.17, 15) is 10.2 Å². The zero-order valence-electron chi connectivity index (χ0n) is 8.89. The lowest BCUT2D eigenvalue weighted by atomic mass is 9.78. The van der Waals surface area contributed by atoms with E-state index in [4.69, 9.17) is 0 Å². The Hall–Kier alpha value is -0.860.